The fraction of sp³-hybridized carbons (Fsp3) is 0.846. The van der Waals surface area contributed by atoms with Crippen LogP contribution in [0.5, 0.6) is 0 Å². The molecule has 94 valence electrons. The van der Waals surface area contributed by atoms with Gasteiger partial charge in [0.1, 0.15) is 0 Å². The Kier molecular flexibility index (Phi) is 6.03. The van der Waals surface area contributed by atoms with Gasteiger partial charge in [0.15, 0.2) is 0 Å². The molecule has 3 nitrogen and oxygen atoms in total. The first-order valence-corrected chi connectivity index (χ1v) is 6.37. The summed E-state index contributed by atoms with van der Waals surface area (Å²) in [5.41, 5.74) is 0. The van der Waals surface area contributed by atoms with Gasteiger partial charge < -0.3 is 5.11 Å². The van der Waals surface area contributed by atoms with E-state index in [1.165, 1.54) is 0 Å². The van der Waals surface area contributed by atoms with Crippen molar-refractivity contribution in [3.05, 3.63) is 12.7 Å². The highest BCUT2D eigenvalue weighted by atomic mass is 16.3. The Hall–Kier alpha value is -0.380. The highest BCUT2D eigenvalue weighted by molar-refractivity contribution is 4.82. The van der Waals surface area contributed by atoms with Gasteiger partial charge in [0, 0.05) is 38.8 Å². The second kappa shape index (κ2) is 7.05. The van der Waals surface area contributed by atoms with Crippen LogP contribution in [0.1, 0.15) is 20.3 Å². The summed E-state index contributed by atoms with van der Waals surface area (Å²) in [5, 5.41) is 8.89. The van der Waals surface area contributed by atoms with Crippen molar-refractivity contribution in [1.29, 1.82) is 0 Å². The van der Waals surface area contributed by atoms with Crippen LogP contribution in [-0.4, -0.2) is 60.3 Å². The number of piperazine rings is 1. The normalized spacial score (nSPS) is 22.9. The van der Waals surface area contributed by atoms with Gasteiger partial charge in [-0.3, -0.25) is 9.80 Å². The maximum Gasteiger partial charge on any atom is 0.0558 e. The molecule has 2 atom stereocenters. The van der Waals surface area contributed by atoms with Gasteiger partial charge in [-0.25, -0.2) is 0 Å². The van der Waals surface area contributed by atoms with Gasteiger partial charge in [0.25, 0.3) is 0 Å². The lowest BCUT2D eigenvalue weighted by Gasteiger charge is -2.39. The summed E-state index contributed by atoms with van der Waals surface area (Å²) >= 11 is 0. The lowest BCUT2D eigenvalue weighted by atomic mass is 9.98. The molecular formula is C13H26N2O. The van der Waals surface area contributed by atoms with Gasteiger partial charge in [-0.05, 0) is 19.3 Å². The third-order valence-electron chi connectivity index (χ3n) is 3.76. The molecule has 0 saturated carbocycles. The van der Waals surface area contributed by atoms with Crippen molar-refractivity contribution in [3.8, 4) is 0 Å². The van der Waals surface area contributed by atoms with Crippen LogP contribution in [0.15, 0.2) is 12.7 Å². The smallest absolute Gasteiger partial charge is 0.0558 e. The van der Waals surface area contributed by atoms with Gasteiger partial charge in [-0.1, -0.05) is 13.0 Å². The van der Waals surface area contributed by atoms with Crippen LogP contribution >= 0.6 is 0 Å². The summed E-state index contributed by atoms with van der Waals surface area (Å²) in [6, 6.07) is 0.634. The molecule has 1 saturated heterocycles. The Morgan fingerprint density at radius 3 is 2.38 bits per heavy atom. The van der Waals surface area contributed by atoms with E-state index in [4.69, 9.17) is 5.11 Å². The molecule has 1 aliphatic rings. The molecule has 0 aromatic carbocycles. The largest absolute Gasteiger partial charge is 0.395 e. The van der Waals surface area contributed by atoms with E-state index in [1.807, 2.05) is 6.08 Å². The van der Waals surface area contributed by atoms with E-state index in [9.17, 15) is 0 Å². The predicted molar refractivity (Wildman–Crippen MR) is 68.5 cm³/mol. The predicted octanol–water partition coefficient (Wildman–Crippen LogP) is 1.20. The molecule has 1 aliphatic heterocycles. The molecule has 1 heterocycles. The first-order chi connectivity index (χ1) is 7.69. The number of hydrogen-bond acceptors (Lipinski definition) is 3. The van der Waals surface area contributed by atoms with Crippen molar-refractivity contribution < 1.29 is 5.11 Å². The molecular weight excluding hydrogens is 200 g/mol. The number of aliphatic hydroxyl groups excluding tert-OH is 1. The van der Waals surface area contributed by atoms with E-state index in [0.29, 0.717) is 12.0 Å². The van der Waals surface area contributed by atoms with Crippen LogP contribution in [0.25, 0.3) is 0 Å². The van der Waals surface area contributed by atoms with Crippen LogP contribution in [0.2, 0.25) is 0 Å². The molecule has 2 unspecified atom stereocenters. The quantitative estimate of drug-likeness (QED) is 0.689. The van der Waals surface area contributed by atoms with E-state index in [0.717, 1.165) is 39.1 Å². The third-order valence-corrected chi connectivity index (χ3v) is 3.76. The Balaban J connectivity index is 2.32. The Morgan fingerprint density at radius 2 is 1.88 bits per heavy atom. The molecule has 0 radical (unpaired) electrons. The zero-order valence-corrected chi connectivity index (χ0v) is 10.7. The Labute approximate surface area is 99.7 Å². The van der Waals surface area contributed by atoms with Crippen LogP contribution in [0.4, 0.5) is 0 Å². The summed E-state index contributed by atoms with van der Waals surface area (Å²) in [5.74, 6) is 0.682. The topological polar surface area (TPSA) is 26.7 Å². The minimum Gasteiger partial charge on any atom is -0.395 e. The fourth-order valence-corrected chi connectivity index (χ4v) is 2.36. The van der Waals surface area contributed by atoms with Crippen molar-refractivity contribution in [3.63, 3.8) is 0 Å². The van der Waals surface area contributed by atoms with Gasteiger partial charge in [-0.15, -0.1) is 6.58 Å². The zero-order chi connectivity index (χ0) is 12.0. The molecule has 1 rings (SSSR count). The lowest BCUT2D eigenvalue weighted by Crippen LogP contribution is -2.51. The number of rotatable bonds is 6. The van der Waals surface area contributed by atoms with Crippen LogP contribution in [0, 0.1) is 5.92 Å². The summed E-state index contributed by atoms with van der Waals surface area (Å²) in [6.45, 7) is 14.0. The van der Waals surface area contributed by atoms with E-state index in [-0.39, 0.29) is 6.61 Å². The molecule has 1 N–H and O–H groups in total. The number of hydrogen-bond donors (Lipinski definition) is 1. The SMILES string of the molecule is C=CCC(C)C(C)N1CCN(CCO)CC1. The molecule has 1 fully saturated rings. The minimum atomic E-state index is 0.280. The molecule has 0 amide bonds. The highest BCUT2D eigenvalue weighted by Gasteiger charge is 2.23. The Bertz CT molecular complexity index is 200. The number of β-amino-alcohol motifs (C(OH)–C–C–N with tert-alkyl or cyclic N) is 1. The van der Waals surface area contributed by atoms with Crippen molar-refractivity contribution >= 4 is 0 Å². The summed E-state index contributed by atoms with van der Waals surface area (Å²) in [4.78, 5) is 4.89. The first kappa shape index (κ1) is 13.7. The fourth-order valence-electron chi connectivity index (χ4n) is 2.36. The van der Waals surface area contributed by atoms with E-state index >= 15 is 0 Å². The van der Waals surface area contributed by atoms with Gasteiger partial charge in [0.2, 0.25) is 0 Å². The summed E-state index contributed by atoms with van der Waals surface area (Å²) in [7, 11) is 0. The molecule has 3 heteroatoms. The zero-order valence-electron chi connectivity index (χ0n) is 10.7. The van der Waals surface area contributed by atoms with E-state index in [2.05, 4.69) is 30.2 Å². The Morgan fingerprint density at radius 1 is 1.25 bits per heavy atom. The number of aliphatic hydroxyl groups is 1. The van der Waals surface area contributed by atoms with Crippen LogP contribution in [-0.2, 0) is 0 Å². The van der Waals surface area contributed by atoms with Crippen molar-refractivity contribution in [2.24, 2.45) is 5.92 Å². The first-order valence-electron chi connectivity index (χ1n) is 6.37. The van der Waals surface area contributed by atoms with Gasteiger partial charge >= 0.3 is 0 Å². The van der Waals surface area contributed by atoms with Gasteiger partial charge in [0.05, 0.1) is 6.61 Å². The maximum atomic E-state index is 8.89. The lowest BCUT2D eigenvalue weighted by molar-refractivity contribution is 0.0715. The average Bonchev–Trinajstić information content (AvgIpc) is 2.30. The van der Waals surface area contributed by atoms with E-state index in [1.54, 1.807) is 0 Å². The van der Waals surface area contributed by atoms with Gasteiger partial charge in [-0.2, -0.15) is 0 Å². The van der Waals surface area contributed by atoms with Crippen molar-refractivity contribution in [2.45, 2.75) is 26.3 Å². The second-order valence-corrected chi connectivity index (χ2v) is 4.84. The highest BCUT2D eigenvalue weighted by Crippen LogP contribution is 2.16. The maximum absolute atomic E-state index is 8.89. The van der Waals surface area contributed by atoms with Crippen LogP contribution < -0.4 is 0 Å². The van der Waals surface area contributed by atoms with Crippen molar-refractivity contribution in [1.82, 2.24) is 9.80 Å². The number of nitrogens with zero attached hydrogens (tertiary/aromatic N) is 2. The molecule has 16 heavy (non-hydrogen) atoms. The molecule has 0 aromatic rings. The standard InChI is InChI=1S/C13H26N2O/c1-4-5-12(2)13(3)15-8-6-14(7-9-15)10-11-16/h4,12-13,16H,1,5-11H2,2-3H3. The molecule has 0 aliphatic carbocycles. The molecule has 0 spiro atoms. The van der Waals surface area contributed by atoms with E-state index < -0.39 is 0 Å². The monoisotopic (exact) mass is 226 g/mol. The minimum absolute atomic E-state index is 0.280. The summed E-state index contributed by atoms with van der Waals surface area (Å²) in [6.07, 6.45) is 3.11. The molecule has 0 bridgehead atoms. The third kappa shape index (κ3) is 3.89. The second-order valence-electron chi connectivity index (χ2n) is 4.84. The average molecular weight is 226 g/mol. The molecule has 0 aromatic heterocycles. The summed E-state index contributed by atoms with van der Waals surface area (Å²) < 4.78 is 0. The number of allylic oxidation sites excluding steroid dienone is 1. The van der Waals surface area contributed by atoms with Crippen LogP contribution in [0.3, 0.4) is 0 Å². The van der Waals surface area contributed by atoms with Crippen molar-refractivity contribution in [2.75, 3.05) is 39.3 Å².